The zero-order chi connectivity index (χ0) is 14.9. The SMILES string of the molecule is NC(=O)c1ccc(N)cc1N1CCCC(C(F)(F)F)C1. The van der Waals surface area contributed by atoms with Gasteiger partial charge in [-0.05, 0) is 31.0 Å². The maximum Gasteiger partial charge on any atom is 0.393 e. The summed E-state index contributed by atoms with van der Waals surface area (Å²) >= 11 is 0. The van der Waals surface area contributed by atoms with Crippen molar-refractivity contribution in [3.8, 4) is 0 Å². The van der Waals surface area contributed by atoms with Crippen LogP contribution >= 0.6 is 0 Å². The third-order valence-electron chi connectivity index (χ3n) is 3.51. The zero-order valence-corrected chi connectivity index (χ0v) is 10.8. The molecule has 1 heterocycles. The van der Waals surface area contributed by atoms with Crippen molar-refractivity contribution in [2.45, 2.75) is 19.0 Å². The highest BCUT2D eigenvalue weighted by Crippen LogP contribution is 2.36. The molecule has 0 saturated carbocycles. The minimum atomic E-state index is -4.23. The van der Waals surface area contributed by atoms with Gasteiger partial charge in [-0.25, -0.2) is 0 Å². The third kappa shape index (κ3) is 2.97. The monoisotopic (exact) mass is 287 g/mol. The molecule has 1 saturated heterocycles. The number of halogens is 3. The van der Waals surface area contributed by atoms with Crippen LogP contribution < -0.4 is 16.4 Å². The van der Waals surface area contributed by atoms with Crippen LogP contribution in [0.5, 0.6) is 0 Å². The molecule has 1 atom stereocenters. The summed E-state index contributed by atoms with van der Waals surface area (Å²) in [5, 5.41) is 0. The van der Waals surface area contributed by atoms with E-state index in [-0.39, 0.29) is 18.5 Å². The summed E-state index contributed by atoms with van der Waals surface area (Å²) in [6, 6.07) is 4.46. The fourth-order valence-corrected chi connectivity index (χ4v) is 2.48. The van der Waals surface area contributed by atoms with E-state index in [1.807, 2.05) is 0 Å². The van der Waals surface area contributed by atoms with Gasteiger partial charge < -0.3 is 16.4 Å². The summed E-state index contributed by atoms with van der Waals surface area (Å²) < 4.78 is 38.5. The number of nitrogens with two attached hydrogens (primary N) is 2. The van der Waals surface area contributed by atoms with Crippen LogP contribution in [0.2, 0.25) is 0 Å². The van der Waals surface area contributed by atoms with E-state index in [9.17, 15) is 18.0 Å². The Bertz CT molecular complexity index is 516. The molecule has 0 aromatic heterocycles. The summed E-state index contributed by atoms with van der Waals surface area (Å²) in [5.74, 6) is -2.06. The Kier molecular flexibility index (Phi) is 3.78. The third-order valence-corrected chi connectivity index (χ3v) is 3.51. The van der Waals surface area contributed by atoms with Gasteiger partial charge in [0.2, 0.25) is 0 Å². The predicted octanol–water partition coefficient (Wildman–Crippen LogP) is 2.15. The highest BCUT2D eigenvalue weighted by atomic mass is 19.4. The maximum atomic E-state index is 12.8. The second-order valence-electron chi connectivity index (χ2n) is 4.97. The Hall–Kier alpha value is -1.92. The van der Waals surface area contributed by atoms with Gasteiger partial charge in [0.25, 0.3) is 5.91 Å². The number of hydrogen-bond acceptors (Lipinski definition) is 3. The lowest BCUT2D eigenvalue weighted by atomic mass is 9.96. The van der Waals surface area contributed by atoms with Crippen molar-refractivity contribution >= 4 is 17.3 Å². The first kappa shape index (κ1) is 14.5. The maximum absolute atomic E-state index is 12.8. The van der Waals surface area contributed by atoms with E-state index in [2.05, 4.69) is 0 Å². The van der Waals surface area contributed by atoms with Gasteiger partial charge in [0.05, 0.1) is 17.2 Å². The van der Waals surface area contributed by atoms with Gasteiger partial charge in [-0.1, -0.05) is 0 Å². The lowest BCUT2D eigenvalue weighted by Gasteiger charge is -2.36. The molecule has 0 aliphatic carbocycles. The topological polar surface area (TPSA) is 72.3 Å². The van der Waals surface area contributed by atoms with Gasteiger partial charge in [-0.15, -0.1) is 0 Å². The molecular weight excluding hydrogens is 271 g/mol. The molecule has 4 nitrogen and oxygen atoms in total. The van der Waals surface area contributed by atoms with E-state index in [0.717, 1.165) is 0 Å². The number of nitrogens with zero attached hydrogens (tertiary/aromatic N) is 1. The van der Waals surface area contributed by atoms with Crippen LogP contribution in [-0.2, 0) is 0 Å². The first-order valence-corrected chi connectivity index (χ1v) is 6.30. The van der Waals surface area contributed by atoms with E-state index in [4.69, 9.17) is 11.5 Å². The molecule has 1 aliphatic rings. The summed E-state index contributed by atoms with van der Waals surface area (Å²) in [7, 11) is 0. The highest BCUT2D eigenvalue weighted by Gasteiger charge is 2.42. The van der Waals surface area contributed by atoms with E-state index in [1.165, 1.54) is 23.1 Å². The molecule has 0 radical (unpaired) electrons. The van der Waals surface area contributed by atoms with Gasteiger partial charge in [0, 0.05) is 18.8 Å². The number of nitrogen functional groups attached to an aromatic ring is 1. The smallest absolute Gasteiger partial charge is 0.393 e. The van der Waals surface area contributed by atoms with Crippen molar-refractivity contribution in [1.82, 2.24) is 0 Å². The highest BCUT2D eigenvalue weighted by molar-refractivity contribution is 5.99. The number of piperidine rings is 1. The second kappa shape index (κ2) is 5.22. The van der Waals surface area contributed by atoms with Gasteiger partial charge >= 0.3 is 6.18 Å². The number of anilines is 2. The number of alkyl halides is 3. The quantitative estimate of drug-likeness (QED) is 0.819. The van der Waals surface area contributed by atoms with Crippen LogP contribution in [0.15, 0.2) is 18.2 Å². The van der Waals surface area contributed by atoms with E-state index in [0.29, 0.717) is 24.3 Å². The normalized spacial score (nSPS) is 19.9. The van der Waals surface area contributed by atoms with Crippen LogP contribution in [-0.4, -0.2) is 25.2 Å². The summed E-state index contributed by atoms with van der Waals surface area (Å²) in [6.07, 6.45) is -3.71. The average Bonchev–Trinajstić information content (AvgIpc) is 2.37. The Labute approximate surface area is 114 Å². The van der Waals surface area contributed by atoms with Crippen molar-refractivity contribution in [2.75, 3.05) is 23.7 Å². The van der Waals surface area contributed by atoms with Crippen molar-refractivity contribution in [3.05, 3.63) is 23.8 Å². The van der Waals surface area contributed by atoms with Gasteiger partial charge in [-0.3, -0.25) is 4.79 Å². The standard InChI is InChI=1S/C13H16F3N3O/c14-13(15,16)8-2-1-5-19(7-8)11-6-9(17)3-4-10(11)12(18)20/h3-4,6,8H,1-2,5,7,17H2,(H2,18,20). The lowest BCUT2D eigenvalue weighted by Crippen LogP contribution is -2.42. The Morgan fingerprint density at radius 1 is 1.35 bits per heavy atom. The molecule has 1 aromatic rings. The molecule has 1 unspecified atom stereocenters. The van der Waals surface area contributed by atoms with Crippen molar-refractivity contribution in [2.24, 2.45) is 11.7 Å². The lowest BCUT2D eigenvalue weighted by molar-refractivity contribution is -0.175. The Balaban J connectivity index is 2.31. The number of carbonyl (C=O) groups is 1. The van der Waals surface area contributed by atoms with Crippen molar-refractivity contribution in [1.29, 1.82) is 0 Å². The van der Waals surface area contributed by atoms with Gasteiger partial charge in [0.15, 0.2) is 0 Å². The largest absolute Gasteiger partial charge is 0.399 e. The van der Waals surface area contributed by atoms with E-state index >= 15 is 0 Å². The number of benzene rings is 1. The van der Waals surface area contributed by atoms with E-state index < -0.39 is 18.0 Å². The molecule has 7 heteroatoms. The Morgan fingerprint density at radius 3 is 2.65 bits per heavy atom. The number of hydrogen-bond donors (Lipinski definition) is 2. The predicted molar refractivity (Wildman–Crippen MR) is 70.4 cm³/mol. The first-order chi connectivity index (χ1) is 9.29. The molecule has 20 heavy (non-hydrogen) atoms. The summed E-state index contributed by atoms with van der Waals surface area (Å²) in [5.41, 5.74) is 11.9. The van der Waals surface area contributed by atoms with E-state index in [1.54, 1.807) is 0 Å². The minimum Gasteiger partial charge on any atom is -0.399 e. The molecule has 1 aliphatic heterocycles. The van der Waals surface area contributed by atoms with Crippen molar-refractivity contribution in [3.63, 3.8) is 0 Å². The minimum absolute atomic E-state index is 0.105. The molecule has 2 rings (SSSR count). The average molecular weight is 287 g/mol. The molecule has 0 spiro atoms. The van der Waals surface area contributed by atoms with Crippen LogP contribution in [0, 0.1) is 5.92 Å². The fraction of sp³-hybridized carbons (Fsp3) is 0.462. The molecule has 1 fully saturated rings. The number of primary amides is 1. The van der Waals surface area contributed by atoms with Crippen LogP contribution in [0.1, 0.15) is 23.2 Å². The van der Waals surface area contributed by atoms with Gasteiger partial charge in [-0.2, -0.15) is 13.2 Å². The number of rotatable bonds is 2. The summed E-state index contributed by atoms with van der Waals surface area (Å²) in [6.45, 7) is 0.281. The molecule has 0 bridgehead atoms. The van der Waals surface area contributed by atoms with Crippen LogP contribution in [0.3, 0.4) is 0 Å². The molecule has 110 valence electrons. The first-order valence-electron chi connectivity index (χ1n) is 6.30. The Morgan fingerprint density at radius 2 is 2.05 bits per heavy atom. The van der Waals surface area contributed by atoms with Crippen molar-refractivity contribution < 1.29 is 18.0 Å². The number of carbonyl (C=O) groups excluding carboxylic acids is 1. The second-order valence-corrected chi connectivity index (χ2v) is 4.97. The number of amides is 1. The van der Waals surface area contributed by atoms with Crippen LogP contribution in [0.25, 0.3) is 0 Å². The molecule has 4 N–H and O–H groups in total. The molecule has 1 amide bonds. The molecular formula is C13H16F3N3O. The summed E-state index contributed by atoms with van der Waals surface area (Å²) in [4.78, 5) is 12.9. The van der Waals surface area contributed by atoms with Crippen LogP contribution in [0.4, 0.5) is 24.5 Å². The zero-order valence-electron chi connectivity index (χ0n) is 10.8. The fourth-order valence-electron chi connectivity index (χ4n) is 2.48. The molecule has 1 aromatic carbocycles. The van der Waals surface area contributed by atoms with Gasteiger partial charge in [0.1, 0.15) is 0 Å².